The number of furan rings is 1. The molecule has 0 aliphatic carbocycles. The summed E-state index contributed by atoms with van der Waals surface area (Å²) in [7, 11) is 0. The quantitative estimate of drug-likeness (QED) is 0.0542. The van der Waals surface area contributed by atoms with Gasteiger partial charge in [0.15, 0.2) is 5.76 Å². The molecule has 256 valence electrons. The fourth-order valence-corrected chi connectivity index (χ4v) is 5.07. The van der Waals surface area contributed by atoms with Gasteiger partial charge in [0.2, 0.25) is 12.3 Å². The third-order valence-electron chi connectivity index (χ3n) is 7.33. The normalized spacial score (nSPS) is 11.9. The van der Waals surface area contributed by atoms with Gasteiger partial charge in [-0.05, 0) is 56.0 Å². The third-order valence-corrected chi connectivity index (χ3v) is 7.33. The van der Waals surface area contributed by atoms with Gasteiger partial charge >= 0.3 is 11.9 Å². The van der Waals surface area contributed by atoms with Gasteiger partial charge in [-0.15, -0.1) is 0 Å². The number of amides is 4. The fraction of sp³-hybridized carbons (Fsp3) is 0.333. The number of carbonyl (C=O) groups is 6. The maximum atomic E-state index is 13.2. The first kappa shape index (κ1) is 36.8. The molecule has 2 aromatic carbocycles. The second kappa shape index (κ2) is 17.9. The summed E-state index contributed by atoms with van der Waals surface area (Å²) < 4.78 is 11.3. The minimum absolute atomic E-state index is 0.0501. The van der Waals surface area contributed by atoms with Gasteiger partial charge in [0, 0.05) is 5.56 Å². The lowest BCUT2D eigenvalue weighted by atomic mass is 9.90. The molecule has 0 spiro atoms. The van der Waals surface area contributed by atoms with Crippen molar-refractivity contribution in [2.75, 3.05) is 26.4 Å². The number of nitrogens with one attached hydrogen (secondary N) is 2. The smallest absolute Gasteiger partial charge is 0.323 e. The first-order valence-corrected chi connectivity index (χ1v) is 15.1. The predicted molar refractivity (Wildman–Crippen MR) is 169 cm³/mol. The number of aryl methyl sites for hydroxylation is 1. The van der Waals surface area contributed by atoms with Crippen molar-refractivity contribution >= 4 is 36.1 Å². The Hall–Kier alpha value is -5.70. The van der Waals surface area contributed by atoms with Gasteiger partial charge in [0.05, 0.1) is 30.8 Å². The van der Waals surface area contributed by atoms with Crippen LogP contribution in [-0.4, -0.2) is 93.9 Å². The highest BCUT2D eigenvalue weighted by atomic mass is 16.5. The molecule has 15 nitrogen and oxygen atoms in total. The van der Waals surface area contributed by atoms with Crippen LogP contribution >= 0.6 is 0 Å². The van der Waals surface area contributed by atoms with Crippen molar-refractivity contribution in [3.8, 4) is 17.1 Å². The molecule has 0 radical (unpaired) electrons. The Morgan fingerprint density at radius 1 is 0.938 bits per heavy atom. The van der Waals surface area contributed by atoms with Gasteiger partial charge in [-0.25, -0.2) is 5.06 Å². The first-order valence-electron chi connectivity index (χ1n) is 15.1. The summed E-state index contributed by atoms with van der Waals surface area (Å²) in [6.07, 6.45) is 1.42. The van der Waals surface area contributed by atoms with Crippen molar-refractivity contribution < 1.29 is 53.3 Å². The molecular weight excluding hydrogens is 628 g/mol. The molecule has 1 heterocycles. The van der Waals surface area contributed by atoms with Crippen LogP contribution in [0.15, 0.2) is 65.1 Å². The molecule has 15 heteroatoms. The van der Waals surface area contributed by atoms with E-state index in [1.807, 2.05) is 30.3 Å². The molecule has 0 aliphatic heterocycles. The molecule has 48 heavy (non-hydrogen) atoms. The molecule has 4 amide bonds. The van der Waals surface area contributed by atoms with Crippen molar-refractivity contribution in [2.24, 2.45) is 5.92 Å². The number of carboxylic acid groups (broad SMARTS) is 2. The van der Waals surface area contributed by atoms with Crippen molar-refractivity contribution in [3.63, 3.8) is 0 Å². The van der Waals surface area contributed by atoms with E-state index in [0.717, 1.165) is 5.56 Å². The van der Waals surface area contributed by atoms with E-state index in [9.17, 15) is 34.0 Å². The number of carboxylic acids is 2. The van der Waals surface area contributed by atoms with Gasteiger partial charge < -0.3 is 34.9 Å². The highest BCUT2D eigenvalue weighted by Gasteiger charge is 2.31. The van der Waals surface area contributed by atoms with E-state index in [1.54, 1.807) is 13.8 Å². The van der Waals surface area contributed by atoms with E-state index in [4.69, 9.17) is 19.4 Å². The summed E-state index contributed by atoms with van der Waals surface area (Å²) in [4.78, 5) is 73.4. The maximum absolute atomic E-state index is 13.2. The van der Waals surface area contributed by atoms with Crippen LogP contribution in [0.3, 0.4) is 0 Å². The van der Waals surface area contributed by atoms with Crippen LogP contribution in [0.1, 0.15) is 53.2 Å². The van der Waals surface area contributed by atoms with Gasteiger partial charge in [-0.3, -0.25) is 34.0 Å². The van der Waals surface area contributed by atoms with Crippen LogP contribution in [0.25, 0.3) is 11.3 Å². The van der Waals surface area contributed by atoms with Crippen LogP contribution in [0.4, 0.5) is 0 Å². The van der Waals surface area contributed by atoms with E-state index in [2.05, 4.69) is 10.6 Å². The highest BCUT2D eigenvalue weighted by Crippen LogP contribution is 2.30. The molecule has 3 aromatic rings. The van der Waals surface area contributed by atoms with E-state index in [1.165, 1.54) is 30.3 Å². The topological polar surface area (TPSA) is 216 Å². The third kappa shape index (κ3) is 10.2. The van der Waals surface area contributed by atoms with Crippen LogP contribution in [-0.2, 0) is 25.6 Å². The molecule has 0 saturated heterocycles. The SMILES string of the molecule is CCOc1cc(-c2ccc(C(=O)NCNC(=O)C(CCc3ccccc3)C(CC)N(O)C=O)o2)ccc1C(=O)N(CC(=O)O)CC(=O)O. The summed E-state index contributed by atoms with van der Waals surface area (Å²) in [5.74, 6) is -5.35. The monoisotopic (exact) mass is 666 g/mol. The molecular formula is C33H38N4O11. The number of ether oxygens (including phenoxy) is 1. The Morgan fingerprint density at radius 2 is 1.62 bits per heavy atom. The Labute approximate surface area is 276 Å². The van der Waals surface area contributed by atoms with Crippen molar-refractivity contribution in [1.82, 2.24) is 20.6 Å². The molecule has 1 aromatic heterocycles. The van der Waals surface area contributed by atoms with Crippen LogP contribution in [0, 0.1) is 5.92 Å². The standard InChI is InChI=1S/C33H38N4O11/c1-3-25(37(46)20-38)23(12-10-21-8-6-5-7-9-21)31(43)34-19-35-32(44)27-15-14-26(48-27)22-11-13-24(28(16-22)47-4-2)33(45)36(17-29(39)40)18-30(41)42/h5-9,11,13-16,20,23,25,46H,3-4,10,12,17-19H2,1-2H3,(H,34,43)(H,35,44)(H,39,40)(H,41,42). The number of aliphatic carboxylic acids is 2. The minimum atomic E-state index is -1.39. The van der Waals surface area contributed by atoms with Crippen molar-refractivity contribution in [2.45, 2.75) is 39.2 Å². The summed E-state index contributed by atoms with van der Waals surface area (Å²) in [6, 6.07) is 15.8. The Balaban J connectivity index is 1.69. The Bertz CT molecular complexity index is 1580. The number of rotatable bonds is 19. The van der Waals surface area contributed by atoms with E-state index < -0.39 is 54.7 Å². The molecule has 0 bridgehead atoms. The Kier molecular flexibility index (Phi) is 13.7. The first-order chi connectivity index (χ1) is 23.0. The zero-order chi connectivity index (χ0) is 35.2. The van der Waals surface area contributed by atoms with Gasteiger partial charge in [0.25, 0.3) is 11.8 Å². The number of hydrogen-bond donors (Lipinski definition) is 5. The average Bonchev–Trinajstić information content (AvgIpc) is 3.56. The summed E-state index contributed by atoms with van der Waals surface area (Å²) >= 11 is 0. The predicted octanol–water partition coefficient (Wildman–Crippen LogP) is 2.64. The molecule has 5 N–H and O–H groups in total. The van der Waals surface area contributed by atoms with Crippen LogP contribution in [0.5, 0.6) is 5.75 Å². The summed E-state index contributed by atoms with van der Waals surface area (Å²) in [6.45, 7) is 1.61. The van der Waals surface area contributed by atoms with Gasteiger partial charge in [0.1, 0.15) is 24.6 Å². The molecule has 0 fully saturated rings. The minimum Gasteiger partial charge on any atom is -0.493 e. The fourth-order valence-electron chi connectivity index (χ4n) is 5.07. The summed E-state index contributed by atoms with van der Waals surface area (Å²) in [5, 5.41) is 34.0. The number of hydrogen-bond acceptors (Lipinski definition) is 9. The van der Waals surface area contributed by atoms with Gasteiger partial charge in [-0.1, -0.05) is 43.3 Å². The van der Waals surface area contributed by atoms with Crippen molar-refractivity contribution in [1.29, 1.82) is 0 Å². The zero-order valence-corrected chi connectivity index (χ0v) is 26.5. The molecule has 2 atom stereocenters. The number of carbonyl (C=O) groups excluding carboxylic acids is 4. The maximum Gasteiger partial charge on any atom is 0.323 e. The van der Waals surface area contributed by atoms with Gasteiger partial charge in [-0.2, -0.15) is 0 Å². The van der Waals surface area contributed by atoms with Crippen LogP contribution in [0.2, 0.25) is 0 Å². The van der Waals surface area contributed by atoms with Crippen LogP contribution < -0.4 is 15.4 Å². The molecule has 0 saturated carbocycles. The largest absolute Gasteiger partial charge is 0.493 e. The second-order valence-electron chi connectivity index (χ2n) is 10.6. The Morgan fingerprint density at radius 3 is 2.23 bits per heavy atom. The summed E-state index contributed by atoms with van der Waals surface area (Å²) in [5.41, 5.74) is 1.32. The van der Waals surface area contributed by atoms with E-state index >= 15 is 0 Å². The zero-order valence-electron chi connectivity index (χ0n) is 26.5. The number of hydroxylamine groups is 2. The average molecular weight is 667 g/mol. The number of benzene rings is 2. The number of nitrogens with zero attached hydrogens (tertiary/aromatic N) is 2. The lowest BCUT2D eigenvalue weighted by Gasteiger charge is -2.29. The van der Waals surface area contributed by atoms with E-state index in [-0.39, 0.29) is 42.5 Å². The van der Waals surface area contributed by atoms with Crippen molar-refractivity contribution in [3.05, 3.63) is 77.6 Å². The van der Waals surface area contributed by atoms with E-state index in [0.29, 0.717) is 34.8 Å². The highest BCUT2D eigenvalue weighted by molar-refractivity contribution is 6.00. The lowest BCUT2D eigenvalue weighted by molar-refractivity contribution is -0.168. The molecule has 0 aliphatic rings. The second-order valence-corrected chi connectivity index (χ2v) is 10.6. The lowest BCUT2D eigenvalue weighted by Crippen LogP contribution is -2.47. The molecule has 2 unspecified atom stereocenters. The molecule has 3 rings (SSSR count).